The van der Waals surface area contributed by atoms with Gasteiger partial charge in [-0.3, -0.25) is 4.79 Å². The van der Waals surface area contributed by atoms with Crippen molar-refractivity contribution in [1.82, 2.24) is 15.1 Å². The first kappa shape index (κ1) is 16.0. The van der Waals surface area contributed by atoms with Gasteiger partial charge >= 0.3 is 0 Å². The summed E-state index contributed by atoms with van der Waals surface area (Å²) in [5.74, 6) is 0.122. The SMILES string of the molecule is CCN1CCN(CCCNC(=O)Cc2ccccc2)CC1. The lowest BCUT2D eigenvalue weighted by molar-refractivity contribution is -0.120. The molecule has 0 saturated carbocycles. The first-order valence-corrected chi connectivity index (χ1v) is 8.03. The molecule has 4 heteroatoms. The van der Waals surface area contributed by atoms with Crippen LogP contribution in [0.2, 0.25) is 0 Å². The summed E-state index contributed by atoms with van der Waals surface area (Å²) in [6.07, 6.45) is 1.52. The number of likely N-dealkylation sites (N-methyl/N-ethyl adjacent to an activating group) is 1. The molecule has 1 fully saturated rings. The van der Waals surface area contributed by atoms with Gasteiger partial charge < -0.3 is 15.1 Å². The Bertz CT molecular complexity index is 413. The Morgan fingerprint density at radius 1 is 1.10 bits per heavy atom. The minimum atomic E-state index is 0.122. The van der Waals surface area contributed by atoms with E-state index in [9.17, 15) is 4.79 Å². The largest absolute Gasteiger partial charge is 0.356 e. The number of carbonyl (C=O) groups excluding carboxylic acids is 1. The fourth-order valence-corrected chi connectivity index (χ4v) is 2.70. The summed E-state index contributed by atoms with van der Waals surface area (Å²) in [5.41, 5.74) is 1.07. The van der Waals surface area contributed by atoms with E-state index in [0.29, 0.717) is 6.42 Å². The van der Waals surface area contributed by atoms with Gasteiger partial charge in [0.2, 0.25) is 5.91 Å². The fraction of sp³-hybridized carbons (Fsp3) is 0.588. The average molecular weight is 289 g/mol. The van der Waals surface area contributed by atoms with Gasteiger partial charge in [0.1, 0.15) is 0 Å². The molecule has 1 N–H and O–H groups in total. The minimum absolute atomic E-state index is 0.122. The highest BCUT2D eigenvalue weighted by atomic mass is 16.1. The van der Waals surface area contributed by atoms with Gasteiger partial charge in [0.25, 0.3) is 0 Å². The van der Waals surface area contributed by atoms with Crippen LogP contribution in [-0.2, 0) is 11.2 Å². The Hall–Kier alpha value is -1.39. The maximum absolute atomic E-state index is 11.8. The molecule has 1 aliphatic rings. The highest BCUT2D eigenvalue weighted by Crippen LogP contribution is 2.02. The molecule has 0 spiro atoms. The van der Waals surface area contributed by atoms with Crippen LogP contribution in [0.1, 0.15) is 18.9 Å². The zero-order valence-corrected chi connectivity index (χ0v) is 13.1. The van der Waals surface area contributed by atoms with Crippen molar-refractivity contribution in [2.45, 2.75) is 19.8 Å². The smallest absolute Gasteiger partial charge is 0.224 e. The molecule has 0 atom stereocenters. The molecule has 0 aromatic heterocycles. The van der Waals surface area contributed by atoms with Crippen LogP contribution >= 0.6 is 0 Å². The maximum Gasteiger partial charge on any atom is 0.224 e. The van der Waals surface area contributed by atoms with Crippen LogP contribution in [0, 0.1) is 0 Å². The van der Waals surface area contributed by atoms with Crippen LogP contribution in [0.25, 0.3) is 0 Å². The molecular weight excluding hydrogens is 262 g/mol. The van der Waals surface area contributed by atoms with Crippen molar-refractivity contribution in [3.05, 3.63) is 35.9 Å². The summed E-state index contributed by atoms with van der Waals surface area (Å²) in [6, 6.07) is 9.90. The predicted molar refractivity (Wildman–Crippen MR) is 86.3 cm³/mol. The maximum atomic E-state index is 11.8. The Kier molecular flexibility index (Phi) is 6.70. The molecule has 1 aliphatic heterocycles. The topological polar surface area (TPSA) is 35.6 Å². The van der Waals surface area contributed by atoms with Crippen LogP contribution in [0.4, 0.5) is 0 Å². The molecule has 4 nitrogen and oxygen atoms in total. The zero-order valence-electron chi connectivity index (χ0n) is 13.1. The number of rotatable bonds is 7. The third-order valence-corrected chi connectivity index (χ3v) is 4.09. The summed E-state index contributed by atoms with van der Waals surface area (Å²) >= 11 is 0. The normalized spacial score (nSPS) is 16.8. The molecule has 1 heterocycles. The first-order valence-electron chi connectivity index (χ1n) is 8.03. The second kappa shape index (κ2) is 8.80. The Morgan fingerprint density at radius 2 is 1.76 bits per heavy atom. The third kappa shape index (κ3) is 5.86. The second-order valence-corrected chi connectivity index (χ2v) is 5.64. The summed E-state index contributed by atoms with van der Waals surface area (Å²) in [4.78, 5) is 16.8. The van der Waals surface area contributed by atoms with E-state index in [4.69, 9.17) is 0 Å². The van der Waals surface area contributed by atoms with Crippen LogP contribution in [0.15, 0.2) is 30.3 Å². The van der Waals surface area contributed by atoms with Crippen LogP contribution in [0.3, 0.4) is 0 Å². The van der Waals surface area contributed by atoms with Crippen molar-refractivity contribution >= 4 is 5.91 Å². The van der Waals surface area contributed by atoms with Crippen LogP contribution in [0.5, 0.6) is 0 Å². The number of nitrogens with zero attached hydrogens (tertiary/aromatic N) is 2. The van der Waals surface area contributed by atoms with Gasteiger partial charge in [0.05, 0.1) is 6.42 Å². The van der Waals surface area contributed by atoms with Crippen LogP contribution < -0.4 is 5.32 Å². The number of hydrogen-bond donors (Lipinski definition) is 1. The Labute approximate surface area is 128 Å². The van der Waals surface area contributed by atoms with E-state index in [1.54, 1.807) is 0 Å². The molecule has 1 saturated heterocycles. The van der Waals surface area contributed by atoms with Crippen molar-refractivity contribution in [1.29, 1.82) is 0 Å². The molecule has 2 rings (SSSR count). The lowest BCUT2D eigenvalue weighted by atomic mass is 10.1. The number of benzene rings is 1. The monoisotopic (exact) mass is 289 g/mol. The Morgan fingerprint density at radius 3 is 2.43 bits per heavy atom. The molecule has 0 unspecified atom stereocenters. The highest BCUT2D eigenvalue weighted by Gasteiger charge is 2.14. The van der Waals surface area contributed by atoms with Gasteiger partial charge in [-0.25, -0.2) is 0 Å². The van der Waals surface area contributed by atoms with Crippen molar-refractivity contribution in [2.75, 3.05) is 45.8 Å². The summed E-state index contributed by atoms with van der Waals surface area (Å²) in [5, 5.41) is 3.01. The average Bonchev–Trinajstić information content (AvgIpc) is 2.53. The first-order chi connectivity index (χ1) is 10.3. The summed E-state index contributed by atoms with van der Waals surface area (Å²) in [6.45, 7) is 9.91. The van der Waals surface area contributed by atoms with E-state index in [0.717, 1.165) is 44.7 Å². The molecule has 1 amide bonds. The van der Waals surface area contributed by atoms with E-state index in [1.807, 2.05) is 30.3 Å². The standard InChI is InChI=1S/C17H27N3O/c1-2-19-11-13-20(14-12-19)10-6-9-18-17(21)15-16-7-4-3-5-8-16/h3-5,7-8H,2,6,9-15H2,1H3,(H,18,21). The van der Waals surface area contributed by atoms with E-state index in [1.165, 1.54) is 13.1 Å². The van der Waals surface area contributed by atoms with E-state index in [2.05, 4.69) is 22.0 Å². The van der Waals surface area contributed by atoms with Crippen molar-refractivity contribution < 1.29 is 4.79 Å². The lowest BCUT2D eigenvalue weighted by Crippen LogP contribution is -2.46. The van der Waals surface area contributed by atoms with Crippen molar-refractivity contribution in [2.24, 2.45) is 0 Å². The number of piperazine rings is 1. The summed E-state index contributed by atoms with van der Waals surface area (Å²) in [7, 11) is 0. The number of hydrogen-bond acceptors (Lipinski definition) is 3. The number of nitrogens with one attached hydrogen (secondary N) is 1. The van der Waals surface area contributed by atoms with Gasteiger partial charge in [-0.2, -0.15) is 0 Å². The third-order valence-electron chi connectivity index (χ3n) is 4.09. The molecule has 1 aromatic rings. The minimum Gasteiger partial charge on any atom is -0.356 e. The molecule has 0 bridgehead atoms. The van der Waals surface area contributed by atoms with Gasteiger partial charge in [-0.15, -0.1) is 0 Å². The van der Waals surface area contributed by atoms with Gasteiger partial charge in [-0.1, -0.05) is 37.3 Å². The Balaban J connectivity index is 1.54. The lowest BCUT2D eigenvalue weighted by Gasteiger charge is -2.33. The molecular formula is C17H27N3O. The number of carbonyl (C=O) groups is 1. The predicted octanol–water partition coefficient (Wildman–Crippen LogP) is 1.37. The quantitative estimate of drug-likeness (QED) is 0.770. The molecule has 0 radical (unpaired) electrons. The van der Waals surface area contributed by atoms with Crippen molar-refractivity contribution in [3.8, 4) is 0 Å². The van der Waals surface area contributed by atoms with Gasteiger partial charge in [0.15, 0.2) is 0 Å². The van der Waals surface area contributed by atoms with Gasteiger partial charge in [0, 0.05) is 32.7 Å². The number of amides is 1. The zero-order chi connectivity index (χ0) is 14.9. The van der Waals surface area contributed by atoms with E-state index < -0.39 is 0 Å². The molecule has 21 heavy (non-hydrogen) atoms. The summed E-state index contributed by atoms with van der Waals surface area (Å²) < 4.78 is 0. The highest BCUT2D eigenvalue weighted by molar-refractivity contribution is 5.78. The second-order valence-electron chi connectivity index (χ2n) is 5.64. The van der Waals surface area contributed by atoms with Crippen molar-refractivity contribution in [3.63, 3.8) is 0 Å². The molecule has 0 aliphatic carbocycles. The van der Waals surface area contributed by atoms with Crippen LogP contribution in [-0.4, -0.2) is 61.5 Å². The molecule has 116 valence electrons. The van der Waals surface area contributed by atoms with Gasteiger partial charge in [-0.05, 0) is 25.1 Å². The fourth-order valence-electron chi connectivity index (χ4n) is 2.70. The van der Waals surface area contributed by atoms with E-state index in [-0.39, 0.29) is 5.91 Å². The molecule has 1 aromatic carbocycles. The van der Waals surface area contributed by atoms with E-state index >= 15 is 0 Å².